The van der Waals surface area contributed by atoms with Crippen molar-refractivity contribution in [1.29, 1.82) is 0 Å². The van der Waals surface area contributed by atoms with Crippen LogP contribution < -0.4 is 0 Å². The lowest BCUT2D eigenvalue weighted by Crippen LogP contribution is -2.29. The third-order valence-corrected chi connectivity index (χ3v) is 4.90. The van der Waals surface area contributed by atoms with Crippen molar-refractivity contribution in [3.05, 3.63) is 39.4 Å². The van der Waals surface area contributed by atoms with Crippen LogP contribution in [0.2, 0.25) is 0 Å². The van der Waals surface area contributed by atoms with Crippen molar-refractivity contribution in [2.45, 2.75) is 31.4 Å². The SMILES string of the molecule is Cc1ccc([N+](=O)[O-])cc1C(=O)C1(C)CCCS1. The first kappa shape index (κ1) is 13.1. The van der Waals surface area contributed by atoms with Crippen molar-refractivity contribution >= 4 is 23.2 Å². The van der Waals surface area contributed by atoms with Gasteiger partial charge < -0.3 is 0 Å². The summed E-state index contributed by atoms with van der Waals surface area (Å²) in [5.74, 6) is 1.00. The van der Waals surface area contributed by atoms with Crippen LogP contribution in [0.1, 0.15) is 35.7 Å². The zero-order valence-electron chi connectivity index (χ0n) is 10.4. The van der Waals surface area contributed by atoms with Gasteiger partial charge in [0.05, 0.1) is 9.67 Å². The molecule has 0 saturated carbocycles. The number of aryl methyl sites for hydroxylation is 1. The summed E-state index contributed by atoms with van der Waals surface area (Å²) in [6.07, 6.45) is 1.87. The minimum atomic E-state index is -0.458. The Labute approximate surface area is 110 Å². The highest BCUT2D eigenvalue weighted by Gasteiger charge is 2.38. The van der Waals surface area contributed by atoms with E-state index in [0.29, 0.717) is 5.56 Å². The smallest absolute Gasteiger partial charge is 0.270 e. The molecule has 2 rings (SSSR count). The second kappa shape index (κ2) is 4.72. The molecule has 1 unspecified atom stereocenters. The van der Waals surface area contributed by atoms with Crippen LogP contribution in [0.4, 0.5) is 5.69 Å². The van der Waals surface area contributed by atoms with Crippen molar-refractivity contribution in [2.24, 2.45) is 0 Å². The molecule has 1 heterocycles. The monoisotopic (exact) mass is 265 g/mol. The number of hydrogen-bond acceptors (Lipinski definition) is 4. The van der Waals surface area contributed by atoms with Crippen molar-refractivity contribution in [3.63, 3.8) is 0 Å². The normalized spacial score (nSPS) is 23.0. The Morgan fingerprint density at radius 1 is 1.50 bits per heavy atom. The van der Waals surface area contributed by atoms with Gasteiger partial charge in [-0.05, 0) is 38.0 Å². The van der Waals surface area contributed by atoms with Crippen LogP contribution >= 0.6 is 11.8 Å². The highest BCUT2D eigenvalue weighted by Crippen LogP contribution is 2.41. The summed E-state index contributed by atoms with van der Waals surface area (Å²) in [7, 11) is 0. The maximum absolute atomic E-state index is 12.5. The Morgan fingerprint density at radius 3 is 2.78 bits per heavy atom. The summed E-state index contributed by atoms with van der Waals surface area (Å²) >= 11 is 1.65. The lowest BCUT2D eigenvalue weighted by Gasteiger charge is -2.21. The predicted molar refractivity (Wildman–Crippen MR) is 72.3 cm³/mol. The molecule has 0 bridgehead atoms. The molecule has 96 valence electrons. The molecule has 18 heavy (non-hydrogen) atoms. The van der Waals surface area contributed by atoms with E-state index < -0.39 is 9.67 Å². The molecule has 0 amide bonds. The lowest BCUT2D eigenvalue weighted by molar-refractivity contribution is -0.384. The highest BCUT2D eigenvalue weighted by molar-refractivity contribution is 8.01. The minimum Gasteiger partial charge on any atom is -0.293 e. The summed E-state index contributed by atoms with van der Waals surface area (Å²) in [5.41, 5.74) is 1.27. The summed E-state index contributed by atoms with van der Waals surface area (Å²) in [5, 5.41) is 10.8. The van der Waals surface area contributed by atoms with E-state index in [0.717, 1.165) is 24.2 Å². The third kappa shape index (κ3) is 2.27. The van der Waals surface area contributed by atoms with E-state index in [-0.39, 0.29) is 11.5 Å². The number of nitro benzene ring substituents is 1. The Hall–Kier alpha value is -1.36. The van der Waals surface area contributed by atoms with E-state index in [1.54, 1.807) is 17.8 Å². The molecule has 4 nitrogen and oxygen atoms in total. The average Bonchev–Trinajstić information content (AvgIpc) is 2.77. The van der Waals surface area contributed by atoms with Gasteiger partial charge in [0.1, 0.15) is 0 Å². The molecule has 5 heteroatoms. The first-order valence-corrected chi connectivity index (χ1v) is 6.86. The summed E-state index contributed by atoms with van der Waals surface area (Å²) in [6, 6.07) is 4.49. The molecule has 0 radical (unpaired) electrons. The minimum absolute atomic E-state index is 0.0180. The lowest BCUT2D eigenvalue weighted by atomic mass is 9.92. The first-order chi connectivity index (χ1) is 8.44. The van der Waals surface area contributed by atoms with E-state index in [1.807, 2.05) is 13.8 Å². The van der Waals surface area contributed by atoms with E-state index in [4.69, 9.17) is 0 Å². The summed E-state index contributed by atoms with van der Waals surface area (Å²) < 4.78 is -0.417. The van der Waals surface area contributed by atoms with Gasteiger partial charge in [0.15, 0.2) is 5.78 Å². The van der Waals surface area contributed by atoms with Crippen molar-refractivity contribution in [2.75, 3.05) is 5.75 Å². The van der Waals surface area contributed by atoms with Crippen LogP contribution in [0.5, 0.6) is 0 Å². The third-order valence-electron chi connectivity index (χ3n) is 3.38. The molecular formula is C13H15NO3S. The zero-order valence-corrected chi connectivity index (χ0v) is 11.3. The molecule has 1 aromatic carbocycles. The molecule has 1 atom stereocenters. The van der Waals surface area contributed by atoms with Crippen LogP contribution in [0.3, 0.4) is 0 Å². The van der Waals surface area contributed by atoms with Gasteiger partial charge in [-0.1, -0.05) is 6.07 Å². The molecule has 0 N–H and O–H groups in total. The number of nitrogens with zero attached hydrogens (tertiary/aromatic N) is 1. The first-order valence-electron chi connectivity index (χ1n) is 5.88. The topological polar surface area (TPSA) is 60.2 Å². The standard InChI is InChI=1S/C13H15NO3S/c1-9-4-5-10(14(16)17)8-11(9)12(15)13(2)6-3-7-18-13/h4-5,8H,3,6-7H2,1-2H3. The van der Waals surface area contributed by atoms with E-state index in [9.17, 15) is 14.9 Å². The maximum atomic E-state index is 12.5. The average molecular weight is 265 g/mol. The fourth-order valence-electron chi connectivity index (χ4n) is 2.21. The molecular weight excluding hydrogens is 250 g/mol. The number of ketones is 1. The number of carbonyl (C=O) groups excluding carboxylic acids is 1. The molecule has 0 aliphatic carbocycles. The zero-order chi connectivity index (χ0) is 13.3. The number of carbonyl (C=O) groups is 1. The number of hydrogen-bond donors (Lipinski definition) is 0. The van der Waals surface area contributed by atoms with E-state index >= 15 is 0 Å². The van der Waals surface area contributed by atoms with Gasteiger partial charge in [-0.3, -0.25) is 14.9 Å². The fourth-order valence-corrected chi connectivity index (χ4v) is 3.48. The van der Waals surface area contributed by atoms with Crippen LogP contribution in [0.15, 0.2) is 18.2 Å². The number of rotatable bonds is 3. The molecule has 1 aliphatic heterocycles. The van der Waals surface area contributed by atoms with Gasteiger partial charge in [-0.15, -0.1) is 11.8 Å². The molecule has 0 spiro atoms. The Kier molecular flexibility index (Phi) is 3.43. The molecule has 1 saturated heterocycles. The van der Waals surface area contributed by atoms with Crippen LogP contribution in [-0.2, 0) is 0 Å². The Balaban J connectivity index is 2.40. The summed E-state index contributed by atoms with van der Waals surface area (Å²) in [6.45, 7) is 3.76. The molecule has 1 aromatic rings. The van der Waals surface area contributed by atoms with Gasteiger partial charge >= 0.3 is 0 Å². The van der Waals surface area contributed by atoms with E-state index in [1.165, 1.54) is 12.1 Å². The van der Waals surface area contributed by atoms with Crippen molar-refractivity contribution in [3.8, 4) is 0 Å². The second-order valence-electron chi connectivity index (χ2n) is 4.77. The number of nitro groups is 1. The fraction of sp³-hybridized carbons (Fsp3) is 0.462. The van der Waals surface area contributed by atoms with Gasteiger partial charge in [-0.2, -0.15) is 0 Å². The molecule has 1 aliphatic rings. The van der Waals surface area contributed by atoms with E-state index in [2.05, 4.69) is 0 Å². The predicted octanol–water partition coefficient (Wildman–Crippen LogP) is 3.37. The quantitative estimate of drug-likeness (QED) is 0.477. The highest BCUT2D eigenvalue weighted by atomic mass is 32.2. The largest absolute Gasteiger partial charge is 0.293 e. The number of non-ortho nitro benzene ring substituents is 1. The van der Waals surface area contributed by atoms with Gasteiger partial charge in [0.2, 0.25) is 0 Å². The van der Waals surface area contributed by atoms with Crippen LogP contribution in [0, 0.1) is 17.0 Å². The van der Waals surface area contributed by atoms with Gasteiger partial charge in [0.25, 0.3) is 5.69 Å². The van der Waals surface area contributed by atoms with Crippen molar-refractivity contribution in [1.82, 2.24) is 0 Å². The Bertz CT molecular complexity index is 507. The van der Waals surface area contributed by atoms with Gasteiger partial charge in [-0.25, -0.2) is 0 Å². The Morgan fingerprint density at radius 2 is 2.22 bits per heavy atom. The number of Topliss-reactive ketones (excluding diaryl/α,β-unsaturated/α-hetero) is 1. The molecule has 1 fully saturated rings. The van der Waals surface area contributed by atoms with Crippen LogP contribution in [0.25, 0.3) is 0 Å². The second-order valence-corrected chi connectivity index (χ2v) is 6.37. The van der Waals surface area contributed by atoms with Crippen molar-refractivity contribution < 1.29 is 9.72 Å². The summed E-state index contributed by atoms with van der Waals surface area (Å²) in [4.78, 5) is 22.8. The maximum Gasteiger partial charge on any atom is 0.270 e. The van der Waals surface area contributed by atoms with Crippen LogP contribution in [-0.4, -0.2) is 21.2 Å². The number of benzene rings is 1. The number of thioether (sulfide) groups is 1. The van der Waals surface area contributed by atoms with Gasteiger partial charge in [0, 0.05) is 17.7 Å². The molecule has 0 aromatic heterocycles.